The molecule has 0 radical (unpaired) electrons. The van der Waals surface area contributed by atoms with Crippen LogP contribution in [0.25, 0.3) is 5.69 Å². The summed E-state index contributed by atoms with van der Waals surface area (Å²) in [5, 5.41) is 30.9. The van der Waals surface area contributed by atoms with Gasteiger partial charge in [-0.1, -0.05) is 53.7 Å². The van der Waals surface area contributed by atoms with Crippen molar-refractivity contribution in [1.82, 2.24) is 14.8 Å². The lowest BCUT2D eigenvalue weighted by molar-refractivity contribution is -0.479. The highest BCUT2D eigenvalue weighted by Gasteiger charge is 2.24. The van der Waals surface area contributed by atoms with Gasteiger partial charge in [0.2, 0.25) is 6.54 Å². The SMILES string of the molecule is Cc1ccc(-n2c(C)nnc2S[C@H](C[N+](=O)[O-])c2ccc(OCc3cccc([N+](=O)[O-])c3)cc2)cc1. The first-order valence-electron chi connectivity index (χ1n) is 11.0. The number of aromatic nitrogens is 3. The fraction of sp³-hybridized carbons (Fsp3) is 0.200. The summed E-state index contributed by atoms with van der Waals surface area (Å²) in [6, 6.07) is 21.2. The zero-order chi connectivity index (χ0) is 25.7. The van der Waals surface area contributed by atoms with Crippen molar-refractivity contribution in [1.29, 1.82) is 0 Å². The fourth-order valence-electron chi connectivity index (χ4n) is 3.59. The number of nitrogens with zero attached hydrogens (tertiary/aromatic N) is 5. The summed E-state index contributed by atoms with van der Waals surface area (Å²) in [5.41, 5.74) is 3.42. The van der Waals surface area contributed by atoms with Crippen LogP contribution in [0.15, 0.2) is 78.0 Å². The van der Waals surface area contributed by atoms with Crippen molar-refractivity contribution in [2.45, 2.75) is 30.9 Å². The number of nitro groups is 2. The number of benzene rings is 3. The summed E-state index contributed by atoms with van der Waals surface area (Å²) in [7, 11) is 0. The first-order valence-corrected chi connectivity index (χ1v) is 11.9. The molecule has 4 rings (SSSR count). The predicted molar refractivity (Wildman–Crippen MR) is 135 cm³/mol. The van der Waals surface area contributed by atoms with Crippen LogP contribution in [0.3, 0.4) is 0 Å². The van der Waals surface area contributed by atoms with Gasteiger partial charge in [-0.05, 0) is 49.2 Å². The molecule has 184 valence electrons. The lowest BCUT2D eigenvalue weighted by Gasteiger charge is -2.15. The maximum atomic E-state index is 11.4. The number of rotatable bonds is 10. The van der Waals surface area contributed by atoms with Gasteiger partial charge >= 0.3 is 0 Å². The second kappa shape index (κ2) is 11.0. The monoisotopic (exact) mass is 505 g/mol. The van der Waals surface area contributed by atoms with Crippen LogP contribution in [0, 0.1) is 34.1 Å². The Kier molecular flexibility index (Phi) is 7.59. The summed E-state index contributed by atoms with van der Waals surface area (Å²) < 4.78 is 7.64. The summed E-state index contributed by atoms with van der Waals surface area (Å²) in [6.07, 6.45) is 0. The van der Waals surface area contributed by atoms with Crippen LogP contribution in [0.1, 0.15) is 27.8 Å². The Morgan fingerprint density at radius 1 is 0.972 bits per heavy atom. The third-order valence-electron chi connectivity index (χ3n) is 5.43. The molecule has 0 unspecified atom stereocenters. The molecule has 0 N–H and O–H groups in total. The largest absolute Gasteiger partial charge is 0.489 e. The average molecular weight is 506 g/mol. The molecule has 1 aromatic heterocycles. The quantitative estimate of drug-likeness (QED) is 0.157. The van der Waals surface area contributed by atoms with E-state index in [1.54, 1.807) is 36.4 Å². The Bertz CT molecular complexity index is 1370. The number of nitro benzene ring substituents is 1. The van der Waals surface area contributed by atoms with E-state index >= 15 is 0 Å². The van der Waals surface area contributed by atoms with Crippen molar-refractivity contribution in [3.8, 4) is 11.4 Å². The minimum absolute atomic E-state index is 0.000168. The van der Waals surface area contributed by atoms with Crippen LogP contribution < -0.4 is 4.74 Å². The van der Waals surface area contributed by atoms with Gasteiger partial charge in [-0.25, -0.2) is 0 Å². The Labute approximate surface area is 211 Å². The van der Waals surface area contributed by atoms with E-state index in [1.165, 1.54) is 23.9 Å². The molecule has 0 spiro atoms. The molecular weight excluding hydrogens is 482 g/mol. The van der Waals surface area contributed by atoms with Gasteiger partial charge < -0.3 is 4.74 Å². The molecule has 0 aliphatic carbocycles. The van der Waals surface area contributed by atoms with Gasteiger partial charge in [0, 0.05) is 22.7 Å². The molecule has 4 aromatic rings. The number of aryl methyl sites for hydroxylation is 2. The van der Waals surface area contributed by atoms with Gasteiger partial charge in [-0.3, -0.25) is 24.8 Å². The lowest BCUT2D eigenvalue weighted by atomic mass is 10.1. The maximum absolute atomic E-state index is 11.4. The van der Waals surface area contributed by atoms with E-state index in [9.17, 15) is 20.2 Å². The van der Waals surface area contributed by atoms with Gasteiger partial charge in [-0.15, -0.1) is 10.2 Å². The molecule has 0 saturated heterocycles. The molecule has 1 atom stereocenters. The summed E-state index contributed by atoms with van der Waals surface area (Å²) in [6.45, 7) is 3.71. The highest BCUT2D eigenvalue weighted by atomic mass is 32.2. The summed E-state index contributed by atoms with van der Waals surface area (Å²) >= 11 is 1.28. The summed E-state index contributed by atoms with van der Waals surface area (Å²) in [5.74, 6) is 1.24. The van der Waals surface area contributed by atoms with Crippen molar-refractivity contribution in [3.63, 3.8) is 0 Å². The van der Waals surface area contributed by atoms with Gasteiger partial charge in [0.05, 0.1) is 4.92 Å². The molecule has 0 fully saturated rings. The topological polar surface area (TPSA) is 126 Å². The minimum Gasteiger partial charge on any atom is -0.489 e. The molecule has 0 aliphatic rings. The molecule has 11 heteroatoms. The van der Waals surface area contributed by atoms with Crippen LogP contribution in [0.4, 0.5) is 5.69 Å². The van der Waals surface area contributed by atoms with E-state index in [-0.39, 0.29) is 23.8 Å². The van der Waals surface area contributed by atoms with E-state index in [0.717, 1.165) is 16.8 Å². The third-order valence-corrected chi connectivity index (χ3v) is 6.61. The zero-order valence-electron chi connectivity index (χ0n) is 19.6. The molecule has 0 amide bonds. The van der Waals surface area contributed by atoms with Gasteiger partial charge in [0.25, 0.3) is 5.69 Å². The first-order chi connectivity index (χ1) is 17.3. The van der Waals surface area contributed by atoms with E-state index in [2.05, 4.69) is 10.2 Å². The number of ether oxygens (including phenoxy) is 1. The fourth-order valence-corrected chi connectivity index (χ4v) is 4.76. The van der Waals surface area contributed by atoms with Crippen molar-refractivity contribution >= 4 is 17.4 Å². The Morgan fingerprint density at radius 3 is 2.36 bits per heavy atom. The third kappa shape index (κ3) is 6.05. The standard InChI is InChI=1S/C25H23N5O5S/c1-17-6-10-21(11-7-17)29-18(2)26-27-25(29)36-24(15-28(31)32)20-8-12-23(13-9-20)35-16-19-4-3-5-22(14-19)30(33)34/h3-14,24H,15-16H2,1-2H3/t24-/m1/s1. The number of hydrogen-bond donors (Lipinski definition) is 0. The van der Waals surface area contributed by atoms with Gasteiger partial charge in [-0.2, -0.15) is 0 Å². The van der Waals surface area contributed by atoms with Crippen molar-refractivity contribution in [2.24, 2.45) is 0 Å². The molecule has 1 heterocycles. The lowest BCUT2D eigenvalue weighted by Crippen LogP contribution is -2.11. The normalized spacial score (nSPS) is 11.7. The molecule has 3 aromatic carbocycles. The van der Waals surface area contributed by atoms with E-state index in [1.807, 2.05) is 42.7 Å². The maximum Gasteiger partial charge on any atom is 0.269 e. The predicted octanol–water partition coefficient (Wildman–Crippen LogP) is 5.48. The summed E-state index contributed by atoms with van der Waals surface area (Å²) in [4.78, 5) is 21.6. The Hall–Kier alpha value is -4.25. The molecule has 0 aliphatic heterocycles. The Morgan fingerprint density at radius 2 is 1.69 bits per heavy atom. The minimum atomic E-state index is -0.501. The van der Waals surface area contributed by atoms with Gasteiger partial charge in [0.1, 0.15) is 23.4 Å². The van der Waals surface area contributed by atoms with Crippen LogP contribution >= 0.6 is 11.8 Å². The highest BCUT2D eigenvalue weighted by Crippen LogP contribution is 2.36. The van der Waals surface area contributed by atoms with E-state index in [4.69, 9.17) is 4.74 Å². The number of hydrogen-bond acceptors (Lipinski definition) is 8. The van der Waals surface area contributed by atoms with Crippen LogP contribution in [0.5, 0.6) is 5.75 Å². The molecule has 0 bridgehead atoms. The number of non-ortho nitro benzene ring substituents is 1. The molecule has 0 saturated carbocycles. The molecular formula is C25H23N5O5S. The van der Waals surface area contributed by atoms with Crippen molar-refractivity contribution in [2.75, 3.05) is 6.54 Å². The zero-order valence-corrected chi connectivity index (χ0v) is 20.4. The van der Waals surface area contributed by atoms with Crippen LogP contribution in [-0.2, 0) is 6.61 Å². The highest BCUT2D eigenvalue weighted by molar-refractivity contribution is 7.99. The van der Waals surface area contributed by atoms with Crippen molar-refractivity contribution < 1.29 is 14.6 Å². The van der Waals surface area contributed by atoms with Crippen molar-refractivity contribution in [3.05, 3.63) is 116 Å². The van der Waals surface area contributed by atoms with E-state index in [0.29, 0.717) is 22.3 Å². The number of thioether (sulfide) groups is 1. The van der Waals surface area contributed by atoms with Crippen LogP contribution in [0.2, 0.25) is 0 Å². The second-order valence-corrected chi connectivity index (χ2v) is 9.28. The molecule has 10 nitrogen and oxygen atoms in total. The molecule has 36 heavy (non-hydrogen) atoms. The Balaban J connectivity index is 1.51. The second-order valence-electron chi connectivity index (χ2n) is 8.11. The van der Waals surface area contributed by atoms with Crippen LogP contribution in [-0.4, -0.2) is 31.2 Å². The average Bonchev–Trinajstić information content (AvgIpc) is 3.23. The van der Waals surface area contributed by atoms with E-state index < -0.39 is 10.2 Å². The van der Waals surface area contributed by atoms with Gasteiger partial charge in [0.15, 0.2) is 5.16 Å². The smallest absolute Gasteiger partial charge is 0.269 e. The first kappa shape index (κ1) is 24.9.